The van der Waals surface area contributed by atoms with E-state index in [9.17, 15) is 9.90 Å². The minimum Gasteiger partial charge on any atom is -0.480 e. The predicted octanol–water partition coefficient (Wildman–Crippen LogP) is 2.63. The van der Waals surface area contributed by atoms with E-state index in [0.29, 0.717) is 6.42 Å². The van der Waals surface area contributed by atoms with Crippen molar-refractivity contribution in [1.29, 1.82) is 0 Å². The van der Waals surface area contributed by atoms with Crippen molar-refractivity contribution in [2.45, 2.75) is 19.0 Å². The fraction of sp³-hybridized carbons (Fsp3) is 0.350. The number of nitrogens with zero attached hydrogens (tertiary/aromatic N) is 1. The standard InChI is InChI=1S/C20H24N2O3/c23-20(24)19(14-16-6-2-1-3-7-16)21-18-9-5-4-8-17(18)15-22-10-12-25-13-11-22/h1-9,19,21H,10-15H2,(H,23,24)/t19-/m0/s1. The number of carbonyl (C=O) groups is 1. The number of benzene rings is 2. The lowest BCUT2D eigenvalue weighted by Gasteiger charge is -2.28. The van der Waals surface area contributed by atoms with Gasteiger partial charge in [-0.25, -0.2) is 4.79 Å². The molecule has 3 rings (SSSR count). The lowest BCUT2D eigenvalue weighted by atomic mass is 10.0. The molecule has 0 saturated carbocycles. The lowest BCUT2D eigenvalue weighted by molar-refractivity contribution is -0.137. The summed E-state index contributed by atoms with van der Waals surface area (Å²) in [5.41, 5.74) is 3.01. The van der Waals surface area contributed by atoms with E-state index in [-0.39, 0.29) is 0 Å². The number of para-hydroxylation sites is 1. The number of morpholine rings is 1. The molecule has 1 saturated heterocycles. The van der Waals surface area contributed by atoms with Gasteiger partial charge in [0.05, 0.1) is 13.2 Å². The van der Waals surface area contributed by atoms with Gasteiger partial charge in [-0.1, -0.05) is 48.5 Å². The summed E-state index contributed by atoms with van der Waals surface area (Å²) < 4.78 is 5.40. The fourth-order valence-corrected chi connectivity index (χ4v) is 3.04. The first-order valence-corrected chi connectivity index (χ1v) is 8.63. The smallest absolute Gasteiger partial charge is 0.326 e. The highest BCUT2D eigenvalue weighted by Crippen LogP contribution is 2.20. The highest BCUT2D eigenvalue weighted by atomic mass is 16.5. The van der Waals surface area contributed by atoms with Crippen LogP contribution in [0.4, 0.5) is 5.69 Å². The lowest BCUT2D eigenvalue weighted by Crippen LogP contribution is -2.36. The van der Waals surface area contributed by atoms with Crippen molar-refractivity contribution in [3.05, 3.63) is 65.7 Å². The zero-order valence-electron chi connectivity index (χ0n) is 14.2. The quantitative estimate of drug-likeness (QED) is 0.811. The number of hydrogen-bond donors (Lipinski definition) is 2. The number of rotatable bonds is 7. The molecule has 2 N–H and O–H groups in total. The summed E-state index contributed by atoms with van der Waals surface area (Å²) in [5.74, 6) is -0.843. The van der Waals surface area contributed by atoms with Gasteiger partial charge in [0.15, 0.2) is 0 Å². The van der Waals surface area contributed by atoms with Crippen molar-refractivity contribution >= 4 is 11.7 Å². The van der Waals surface area contributed by atoms with Gasteiger partial charge in [0.1, 0.15) is 6.04 Å². The van der Waals surface area contributed by atoms with Crippen molar-refractivity contribution in [2.75, 3.05) is 31.6 Å². The summed E-state index contributed by atoms with van der Waals surface area (Å²) >= 11 is 0. The largest absolute Gasteiger partial charge is 0.480 e. The first-order valence-electron chi connectivity index (χ1n) is 8.63. The average molecular weight is 340 g/mol. The van der Waals surface area contributed by atoms with Crippen LogP contribution in [0.25, 0.3) is 0 Å². The summed E-state index contributed by atoms with van der Waals surface area (Å²) in [6, 6.07) is 17.0. The topological polar surface area (TPSA) is 61.8 Å². The molecule has 5 heteroatoms. The van der Waals surface area contributed by atoms with Crippen LogP contribution in [0.15, 0.2) is 54.6 Å². The Morgan fingerprint density at radius 2 is 1.76 bits per heavy atom. The summed E-state index contributed by atoms with van der Waals surface area (Å²) in [4.78, 5) is 14.1. The zero-order chi connectivity index (χ0) is 17.5. The van der Waals surface area contributed by atoms with Crippen LogP contribution < -0.4 is 5.32 Å². The molecule has 2 aromatic carbocycles. The molecule has 0 radical (unpaired) electrons. The average Bonchev–Trinajstić information content (AvgIpc) is 2.64. The van der Waals surface area contributed by atoms with Crippen molar-refractivity contribution in [1.82, 2.24) is 4.90 Å². The summed E-state index contributed by atoms with van der Waals surface area (Å²) in [6.07, 6.45) is 0.446. The van der Waals surface area contributed by atoms with E-state index in [1.54, 1.807) is 0 Å². The van der Waals surface area contributed by atoms with Crippen LogP contribution in [0.5, 0.6) is 0 Å². The van der Waals surface area contributed by atoms with E-state index in [0.717, 1.165) is 49.7 Å². The Hall–Kier alpha value is -2.37. The highest BCUT2D eigenvalue weighted by molar-refractivity contribution is 5.78. The second kappa shape index (κ2) is 8.65. The van der Waals surface area contributed by atoms with Gasteiger partial charge in [0.25, 0.3) is 0 Å². The van der Waals surface area contributed by atoms with Gasteiger partial charge >= 0.3 is 5.97 Å². The molecule has 1 aliphatic rings. The molecule has 1 fully saturated rings. The van der Waals surface area contributed by atoms with Crippen LogP contribution in [-0.4, -0.2) is 48.3 Å². The van der Waals surface area contributed by atoms with Gasteiger partial charge < -0.3 is 15.2 Å². The van der Waals surface area contributed by atoms with Gasteiger partial charge in [0.2, 0.25) is 0 Å². The molecule has 25 heavy (non-hydrogen) atoms. The third-order valence-corrected chi connectivity index (χ3v) is 4.43. The molecule has 2 aromatic rings. The molecule has 1 atom stereocenters. The third kappa shape index (κ3) is 5.05. The van der Waals surface area contributed by atoms with E-state index in [1.807, 2.05) is 48.5 Å². The van der Waals surface area contributed by atoms with Crippen molar-refractivity contribution in [2.24, 2.45) is 0 Å². The van der Waals surface area contributed by atoms with Gasteiger partial charge in [-0.3, -0.25) is 4.90 Å². The second-order valence-electron chi connectivity index (χ2n) is 6.27. The Balaban J connectivity index is 1.72. The molecule has 1 heterocycles. The molecule has 0 aromatic heterocycles. The Kier molecular flexibility index (Phi) is 6.04. The molecule has 5 nitrogen and oxygen atoms in total. The first-order chi connectivity index (χ1) is 12.2. The Morgan fingerprint density at radius 1 is 1.08 bits per heavy atom. The number of hydrogen-bond acceptors (Lipinski definition) is 4. The molecule has 1 aliphatic heterocycles. The van der Waals surface area contributed by atoms with E-state index >= 15 is 0 Å². The van der Waals surface area contributed by atoms with E-state index in [4.69, 9.17) is 4.74 Å². The number of ether oxygens (including phenoxy) is 1. The van der Waals surface area contributed by atoms with Gasteiger partial charge in [-0.2, -0.15) is 0 Å². The number of nitrogens with one attached hydrogen (secondary N) is 1. The van der Waals surface area contributed by atoms with Crippen LogP contribution in [-0.2, 0) is 22.5 Å². The van der Waals surface area contributed by atoms with Crippen molar-refractivity contribution < 1.29 is 14.6 Å². The number of carboxylic acids is 1. The van der Waals surface area contributed by atoms with Crippen LogP contribution >= 0.6 is 0 Å². The number of carboxylic acid groups (broad SMARTS) is 1. The monoisotopic (exact) mass is 340 g/mol. The number of anilines is 1. The first kappa shape index (κ1) is 17.5. The minimum absolute atomic E-state index is 0.446. The molecule has 132 valence electrons. The molecule has 0 spiro atoms. The summed E-state index contributed by atoms with van der Waals surface area (Å²) in [5, 5.41) is 12.8. The predicted molar refractivity (Wildman–Crippen MR) is 97.7 cm³/mol. The van der Waals surface area contributed by atoms with Gasteiger partial charge in [-0.05, 0) is 17.2 Å². The van der Waals surface area contributed by atoms with Gasteiger partial charge in [-0.15, -0.1) is 0 Å². The Bertz CT molecular complexity index is 684. The molecular weight excluding hydrogens is 316 g/mol. The van der Waals surface area contributed by atoms with Crippen molar-refractivity contribution in [3.63, 3.8) is 0 Å². The SMILES string of the molecule is O=C(O)[C@H](Cc1ccccc1)Nc1ccccc1CN1CCOCC1. The van der Waals surface area contributed by atoms with E-state index < -0.39 is 12.0 Å². The summed E-state index contributed by atoms with van der Waals surface area (Å²) in [7, 11) is 0. The molecule has 0 amide bonds. The van der Waals surface area contributed by atoms with E-state index in [1.165, 1.54) is 0 Å². The maximum Gasteiger partial charge on any atom is 0.326 e. The Morgan fingerprint density at radius 3 is 2.48 bits per heavy atom. The normalized spacial score (nSPS) is 16.3. The molecule has 0 unspecified atom stereocenters. The molecular formula is C20H24N2O3. The van der Waals surface area contributed by atoms with Gasteiger partial charge in [0, 0.05) is 31.7 Å². The van der Waals surface area contributed by atoms with Crippen LogP contribution in [0.3, 0.4) is 0 Å². The fourth-order valence-electron chi connectivity index (χ4n) is 3.04. The minimum atomic E-state index is -0.843. The number of aliphatic carboxylic acids is 1. The van der Waals surface area contributed by atoms with Crippen LogP contribution in [0.1, 0.15) is 11.1 Å². The summed E-state index contributed by atoms with van der Waals surface area (Å²) in [6.45, 7) is 4.11. The van der Waals surface area contributed by atoms with Crippen molar-refractivity contribution in [3.8, 4) is 0 Å². The molecule has 0 aliphatic carbocycles. The zero-order valence-corrected chi connectivity index (χ0v) is 14.2. The highest BCUT2D eigenvalue weighted by Gasteiger charge is 2.20. The maximum absolute atomic E-state index is 11.7. The van der Waals surface area contributed by atoms with E-state index in [2.05, 4.69) is 16.3 Å². The second-order valence-corrected chi connectivity index (χ2v) is 6.27. The van der Waals surface area contributed by atoms with Crippen LogP contribution in [0.2, 0.25) is 0 Å². The van der Waals surface area contributed by atoms with Crippen LogP contribution in [0, 0.1) is 0 Å². The molecule has 0 bridgehead atoms. The third-order valence-electron chi connectivity index (χ3n) is 4.43. The maximum atomic E-state index is 11.7. The Labute approximate surface area is 148 Å².